The fourth-order valence-electron chi connectivity index (χ4n) is 1.74. The molecule has 0 radical (unpaired) electrons. The number of methoxy groups -OCH3 is 2. The highest BCUT2D eigenvalue weighted by atomic mass is 19.2. The van der Waals surface area contributed by atoms with Gasteiger partial charge in [0, 0.05) is 5.56 Å². The molecular weight excluding hydrogens is 268 g/mol. The summed E-state index contributed by atoms with van der Waals surface area (Å²) in [6, 6.07) is 2.77. The average Bonchev–Trinajstić information content (AvgIpc) is 2.48. The number of nitrogens with zero attached hydrogens (tertiary/aromatic N) is 2. The normalized spacial score (nSPS) is 12.1. The summed E-state index contributed by atoms with van der Waals surface area (Å²) >= 11 is 0. The molecule has 0 aliphatic heterocycles. The zero-order chi connectivity index (χ0) is 14.7. The van der Waals surface area contributed by atoms with E-state index in [1.165, 1.54) is 32.5 Å². The molecule has 1 atom stereocenters. The van der Waals surface area contributed by atoms with Crippen LogP contribution in [0.3, 0.4) is 0 Å². The van der Waals surface area contributed by atoms with Crippen LogP contribution in [0, 0.1) is 11.6 Å². The number of ether oxygens (including phenoxy) is 2. The van der Waals surface area contributed by atoms with Crippen LogP contribution >= 0.6 is 0 Å². The molecule has 2 aromatic rings. The van der Waals surface area contributed by atoms with Crippen molar-refractivity contribution in [2.75, 3.05) is 14.2 Å². The molecule has 2 rings (SSSR count). The van der Waals surface area contributed by atoms with Gasteiger partial charge in [0.1, 0.15) is 5.69 Å². The molecule has 1 heterocycles. The van der Waals surface area contributed by atoms with Crippen molar-refractivity contribution >= 4 is 0 Å². The molecule has 0 saturated carbocycles. The molecule has 7 heteroatoms. The summed E-state index contributed by atoms with van der Waals surface area (Å²) in [4.78, 5) is 8.05. The molecule has 0 aliphatic carbocycles. The third-order valence-electron chi connectivity index (χ3n) is 2.76. The largest absolute Gasteiger partial charge is 0.480 e. The van der Waals surface area contributed by atoms with Gasteiger partial charge in [-0.05, 0) is 6.07 Å². The number of rotatable bonds is 4. The van der Waals surface area contributed by atoms with Crippen molar-refractivity contribution < 1.29 is 18.3 Å². The zero-order valence-corrected chi connectivity index (χ0v) is 10.9. The molecule has 0 saturated heterocycles. The standard InChI is InChI=1S/C13H13F2N3O2/c1-19-9-6-17-12(13(18-9)20-2)11(16)7-4-3-5-8(14)10(7)15/h3-6,11H,16H2,1-2H3. The Morgan fingerprint density at radius 1 is 1.20 bits per heavy atom. The lowest BCUT2D eigenvalue weighted by Crippen LogP contribution is -2.17. The molecule has 2 N–H and O–H groups in total. The maximum absolute atomic E-state index is 13.8. The van der Waals surface area contributed by atoms with E-state index in [-0.39, 0.29) is 23.0 Å². The molecule has 1 aromatic carbocycles. The van der Waals surface area contributed by atoms with Gasteiger partial charge >= 0.3 is 0 Å². The van der Waals surface area contributed by atoms with E-state index in [4.69, 9.17) is 15.2 Å². The van der Waals surface area contributed by atoms with E-state index < -0.39 is 17.7 Å². The van der Waals surface area contributed by atoms with Gasteiger partial charge < -0.3 is 15.2 Å². The minimum absolute atomic E-state index is 0.0252. The Labute approximate surface area is 114 Å². The molecule has 0 aliphatic rings. The second-order valence-corrected chi connectivity index (χ2v) is 3.93. The third-order valence-corrected chi connectivity index (χ3v) is 2.76. The quantitative estimate of drug-likeness (QED) is 0.925. The molecule has 20 heavy (non-hydrogen) atoms. The third kappa shape index (κ3) is 2.53. The van der Waals surface area contributed by atoms with E-state index in [2.05, 4.69) is 9.97 Å². The maximum Gasteiger partial charge on any atom is 0.240 e. The van der Waals surface area contributed by atoms with Crippen LogP contribution < -0.4 is 15.2 Å². The number of aromatic nitrogens is 2. The summed E-state index contributed by atoms with van der Waals surface area (Å²) in [5, 5.41) is 0. The summed E-state index contributed by atoms with van der Waals surface area (Å²) in [6.45, 7) is 0. The van der Waals surface area contributed by atoms with Crippen LogP contribution in [0.4, 0.5) is 8.78 Å². The van der Waals surface area contributed by atoms with Gasteiger partial charge in [0.05, 0.1) is 26.5 Å². The van der Waals surface area contributed by atoms with Crippen molar-refractivity contribution in [1.29, 1.82) is 0 Å². The second-order valence-electron chi connectivity index (χ2n) is 3.93. The molecule has 1 unspecified atom stereocenters. The van der Waals surface area contributed by atoms with E-state index in [1.54, 1.807) is 0 Å². The molecule has 0 spiro atoms. The summed E-state index contributed by atoms with van der Waals surface area (Å²) in [5.74, 6) is -1.66. The second kappa shape index (κ2) is 5.79. The molecular formula is C13H13F2N3O2. The SMILES string of the molecule is COc1cnc(C(N)c2cccc(F)c2F)c(OC)n1. The number of hydrogen-bond donors (Lipinski definition) is 1. The zero-order valence-electron chi connectivity index (χ0n) is 10.9. The first kappa shape index (κ1) is 14.1. The molecule has 1 aromatic heterocycles. The first-order valence-corrected chi connectivity index (χ1v) is 5.73. The van der Waals surface area contributed by atoms with Crippen LogP contribution in [0.2, 0.25) is 0 Å². The van der Waals surface area contributed by atoms with Crippen molar-refractivity contribution in [2.45, 2.75) is 6.04 Å². The minimum Gasteiger partial charge on any atom is -0.480 e. The van der Waals surface area contributed by atoms with Gasteiger partial charge in [0.2, 0.25) is 11.8 Å². The predicted octanol–water partition coefficient (Wildman–Crippen LogP) is 1.82. The van der Waals surface area contributed by atoms with Gasteiger partial charge in [-0.25, -0.2) is 13.8 Å². The smallest absolute Gasteiger partial charge is 0.240 e. The van der Waals surface area contributed by atoms with E-state index in [0.29, 0.717) is 0 Å². The van der Waals surface area contributed by atoms with E-state index >= 15 is 0 Å². The van der Waals surface area contributed by atoms with Gasteiger partial charge in [-0.3, -0.25) is 0 Å². The van der Waals surface area contributed by atoms with Gasteiger partial charge in [-0.1, -0.05) is 12.1 Å². The number of halogens is 2. The van der Waals surface area contributed by atoms with Crippen molar-refractivity contribution in [3.63, 3.8) is 0 Å². The Kier molecular flexibility index (Phi) is 4.09. The maximum atomic E-state index is 13.8. The molecule has 0 amide bonds. The Morgan fingerprint density at radius 2 is 1.95 bits per heavy atom. The molecule has 0 bridgehead atoms. The summed E-state index contributed by atoms with van der Waals surface area (Å²) in [6.07, 6.45) is 1.33. The Morgan fingerprint density at radius 3 is 2.60 bits per heavy atom. The van der Waals surface area contributed by atoms with Crippen molar-refractivity contribution in [3.05, 3.63) is 47.3 Å². The van der Waals surface area contributed by atoms with Crippen LogP contribution in [-0.2, 0) is 0 Å². The Balaban J connectivity index is 2.47. The monoisotopic (exact) mass is 281 g/mol. The number of hydrogen-bond acceptors (Lipinski definition) is 5. The Hall–Kier alpha value is -2.28. The van der Waals surface area contributed by atoms with Crippen LogP contribution in [0.15, 0.2) is 24.4 Å². The Bertz CT molecular complexity index is 623. The van der Waals surface area contributed by atoms with Gasteiger partial charge in [0.25, 0.3) is 0 Å². The van der Waals surface area contributed by atoms with Crippen LogP contribution in [0.1, 0.15) is 17.3 Å². The van der Waals surface area contributed by atoms with Crippen LogP contribution in [-0.4, -0.2) is 24.2 Å². The lowest BCUT2D eigenvalue weighted by Gasteiger charge is -2.15. The van der Waals surface area contributed by atoms with Crippen molar-refractivity contribution in [1.82, 2.24) is 9.97 Å². The first-order chi connectivity index (χ1) is 9.58. The van der Waals surface area contributed by atoms with Crippen molar-refractivity contribution in [3.8, 4) is 11.8 Å². The molecule has 0 fully saturated rings. The molecule has 106 valence electrons. The number of benzene rings is 1. The highest BCUT2D eigenvalue weighted by Crippen LogP contribution is 2.28. The number of nitrogens with two attached hydrogens (primary N) is 1. The lowest BCUT2D eigenvalue weighted by molar-refractivity contribution is 0.354. The summed E-state index contributed by atoms with van der Waals surface area (Å²) in [7, 11) is 2.80. The van der Waals surface area contributed by atoms with E-state index in [1.807, 2.05) is 0 Å². The predicted molar refractivity (Wildman–Crippen MR) is 67.5 cm³/mol. The van der Waals surface area contributed by atoms with Gasteiger partial charge in [-0.15, -0.1) is 0 Å². The topological polar surface area (TPSA) is 70.3 Å². The molecule has 5 nitrogen and oxygen atoms in total. The summed E-state index contributed by atoms with van der Waals surface area (Å²) < 4.78 is 37.0. The van der Waals surface area contributed by atoms with E-state index in [9.17, 15) is 8.78 Å². The van der Waals surface area contributed by atoms with E-state index in [0.717, 1.165) is 6.07 Å². The average molecular weight is 281 g/mol. The fraction of sp³-hybridized carbons (Fsp3) is 0.231. The fourth-order valence-corrected chi connectivity index (χ4v) is 1.74. The van der Waals surface area contributed by atoms with Crippen molar-refractivity contribution in [2.24, 2.45) is 5.73 Å². The van der Waals surface area contributed by atoms with Crippen LogP contribution in [0.5, 0.6) is 11.8 Å². The summed E-state index contributed by atoms with van der Waals surface area (Å²) in [5.41, 5.74) is 6.09. The lowest BCUT2D eigenvalue weighted by atomic mass is 10.0. The highest BCUT2D eigenvalue weighted by molar-refractivity contribution is 5.35. The minimum atomic E-state index is -1.01. The van der Waals surface area contributed by atoms with Gasteiger partial charge in [-0.2, -0.15) is 4.98 Å². The van der Waals surface area contributed by atoms with Gasteiger partial charge in [0.15, 0.2) is 11.6 Å². The van der Waals surface area contributed by atoms with Crippen LogP contribution in [0.25, 0.3) is 0 Å². The highest BCUT2D eigenvalue weighted by Gasteiger charge is 2.22. The first-order valence-electron chi connectivity index (χ1n) is 5.73.